The molecule has 174 valence electrons. The van der Waals surface area contributed by atoms with Gasteiger partial charge in [0.15, 0.2) is 0 Å². The Bertz CT molecular complexity index is 1460. The standard InChI is InChI=1S/C32H31N3/c1-5-35(6-2)32-22(3)27(24-16-10-7-11-17-24)29(25-18-12-8-13-19-25)28-23(4)33-34-31(30(28)32)26-20-14-9-15-21-26/h7-21H,5-6H2,1-4H3. The van der Waals surface area contributed by atoms with Crippen LogP contribution in [-0.2, 0) is 0 Å². The maximum atomic E-state index is 4.79. The van der Waals surface area contributed by atoms with E-state index < -0.39 is 0 Å². The fourth-order valence-corrected chi connectivity index (χ4v) is 5.27. The summed E-state index contributed by atoms with van der Waals surface area (Å²) in [6, 6.07) is 31.9. The van der Waals surface area contributed by atoms with Gasteiger partial charge in [0.2, 0.25) is 0 Å². The number of aryl methyl sites for hydroxylation is 1. The predicted octanol–water partition coefficient (Wildman–Crippen LogP) is 8.09. The highest BCUT2D eigenvalue weighted by atomic mass is 15.1. The van der Waals surface area contributed by atoms with Crippen molar-refractivity contribution in [1.29, 1.82) is 0 Å². The number of nitrogens with zero attached hydrogens (tertiary/aromatic N) is 3. The first kappa shape index (κ1) is 22.8. The van der Waals surface area contributed by atoms with Crippen LogP contribution in [0.5, 0.6) is 0 Å². The van der Waals surface area contributed by atoms with Crippen LogP contribution in [0, 0.1) is 13.8 Å². The smallest absolute Gasteiger partial charge is 0.103 e. The normalized spacial score (nSPS) is 11.1. The summed E-state index contributed by atoms with van der Waals surface area (Å²) in [6.45, 7) is 10.7. The molecule has 5 aromatic rings. The summed E-state index contributed by atoms with van der Waals surface area (Å²) in [4.78, 5) is 2.46. The van der Waals surface area contributed by atoms with Gasteiger partial charge in [0, 0.05) is 29.4 Å². The highest BCUT2D eigenvalue weighted by molar-refractivity contribution is 6.16. The van der Waals surface area contributed by atoms with Gasteiger partial charge in [-0.3, -0.25) is 0 Å². The van der Waals surface area contributed by atoms with Gasteiger partial charge >= 0.3 is 0 Å². The monoisotopic (exact) mass is 457 g/mol. The second-order valence-electron chi connectivity index (χ2n) is 8.88. The molecule has 0 atom stereocenters. The molecule has 0 aliphatic carbocycles. The van der Waals surface area contributed by atoms with Crippen LogP contribution in [0.3, 0.4) is 0 Å². The molecule has 1 heterocycles. The van der Waals surface area contributed by atoms with E-state index in [0.29, 0.717) is 0 Å². The maximum absolute atomic E-state index is 4.79. The van der Waals surface area contributed by atoms with Gasteiger partial charge in [-0.05, 0) is 55.5 Å². The van der Waals surface area contributed by atoms with E-state index in [-0.39, 0.29) is 0 Å². The predicted molar refractivity (Wildman–Crippen MR) is 149 cm³/mol. The zero-order chi connectivity index (χ0) is 24.4. The van der Waals surface area contributed by atoms with Crippen LogP contribution in [0.4, 0.5) is 5.69 Å². The van der Waals surface area contributed by atoms with E-state index in [9.17, 15) is 0 Å². The lowest BCUT2D eigenvalue weighted by molar-refractivity contribution is 0.865. The first-order chi connectivity index (χ1) is 17.2. The lowest BCUT2D eigenvalue weighted by atomic mass is 9.83. The molecular weight excluding hydrogens is 426 g/mol. The number of hydrogen-bond donors (Lipinski definition) is 0. The summed E-state index contributed by atoms with van der Waals surface area (Å²) in [5, 5.41) is 11.9. The van der Waals surface area contributed by atoms with Gasteiger partial charge in [0.25, 0.3) is 0 Å². The molecule has 0 bridgehead atoms. The second kappa shape index (κ2) is 9.71. The number of anilines is 1. The lowest BCUT2D eigenvalue weighted by Crippen LogP contribution is -2.24. The highest BCUT2D eigenvalue weighted by Crippen LogP contribution is 2.49. The van der Waals surface area contributed by atoms with E-state index in [2.05, 4.69) is 118 Å². The van der Waals surface area contributed by atoms with Crippen LogP contribution in [-0.4, -0.2) is 23.3 Å². The zero-order valence-corrected chi connectivity index (χ0v) is 20.9. The molecule has 1 aromatic heterocycles. The number of rotatable bonds is 6. The summed E-state index contributed by atoms with van der Waals surface area (Å²) in [7, 11) is 0. The van der Waals surface area contributed by atoms with Crippen molar-refractivity contribution in [2.45, 2.75) is 27.7 Å². The minimum absolute atomic E-state index is 0.918. The summed E-state index contributed by atoms with van der Waals surface area (Å²) in [6.07, 6.45) is 0. The van der Waals surface area contributed by atoms with E-state index in [1.807, 2.05) is 6.07 Å². The molecule has 0 amide bonds. The second-order valence-corrected chi connectivity index (χ2v) is 8.88. The summed E-state index contributed by atoms with van der Waals surface area (Å²) in [5.74, 6) is 0. The van der Waals surface area contributed by atoms with Gasteiger partial charge < -0.3 is 4.90 Å². The first-order valence-corrected chi connectivity index (χ1v) is 12.4. The van der Waals surface area contributed by atoms with Crippen LogP contribution in [0.1, 0.15) is 25.1 Å². The third kappa shape index (κ3) is 3.97. The van der Waals surface area contributed by atoms with Gasteiger partial charge in [-0.1, -0.05) is 91.0 Å². The molecular formula is C32H31N3. The average molecular weight is 458 g/mol. The van der Waals surface area contributed by atoms with Crippen LogP contribution in [0.15, 0.2) is 91.0 Å². The minimum atomic E-state index is 0.918. The van der Waals surface area contributed by atoms with Gasteiger partial charge in [0.05, 0.1) is 11.4 Å². The SMILES string of the molecule is CCN(CC)c1c(C)c(-c2ccccc2)c(-c2ccccc2)c2c(C)nnc(-c3ccccc3)c12. The Morgan fingerprint density at radius 3 is 1.57 bits per heavy atom. The molecule has 35 heavy (non-hydrogen) atoms. The molecule has 4 aromatic carbocycles. The van der Waals surface area contributed by atoms with E-state index >= 15 is 0 Å². The van der Waals surface area contributed by atoms with Crippen molar-refractivity contribution in [2.24, 2.45) is 0 Å². The quantitative estimate of drug-likeness (QED) is 0.258. The van der Waals surface area contributed by atoms with Crippen molar-refractivity contribution in [3.63, 3.8) is 0 Å². The Morgan fingerprint density at radius 1 is 0.571 bits per heavy atom. The summed E-state index contributed by atoms with van der Waals surface area (Å²) >= 11 is 0. The molecule has 0 fully saturated rings. The van der Waals surface area contributed by atoms with Crippen molar-refractivity contribution in [1.82, 2.24) is 10.2 Å². The highest BCUT2D eigenvalue weighted by Gasteiger charge is 2.26. The third-order valence-corrected chi connectivity index (χ3v) is 6.87. The van der Waals surface area contributed by atoms with E-state index in [0.717, 1.165) is 30.0 Å². The number of benzene rings is 4. The van der Waals surface area contributed by atoms with Crippen molar-refractivity contribution in [2.75, 3.05) is 18.0 Å². The lowest BCUT2D eigenvalue weighted by Gasteiger charge is -2.30. The van der Waals surface area contributed by atoms with Gasteiger partial charge in [-0.25, -0.2) is 0 Å². The molecule has 0 saturated carbocycles. The number of aromatic nitrogens is 2. The van der Waals surface area contributed by atoms with Gasteiger partial charge in [-0.2, -0.15) is 5.10 Å². The Kier molecular flexibility index (Phi) is 6.33. The molecule has 0 spiro atoms. The number of hydrogen-bond acceptors (Lipinski definition) is 3. The molecule has 0 saturated heterocycles. The van der Waals surface area contributed by atoms with Crippen LogP contribution in [0.2, 0.25) is 0 Å². The molecule has 0 N–H and O–H groups in total. The molecule has 0 aliphatic rings. The molecule has 3 nitrogen and oxygen atoms in total. The summed E-state index contributed by atoms with van der Waals surface area (Å²) in [5.41, 5.74) is 10.4. The molecule has 5 rings (SSSR count). The molecule has 0 unspecified atom stereocenters. The van der Waals surface area contributed by atoms with Crippen molar-refractivity contribution >= 4 is 16.5 Å². The Morgan fingerprint density at radius 2 is 1.06 bits per heavy atom. The minimum Gasteiger partial charge on any atom is -0.371 e. The summed E-state index contributed by atoms with van der Waals surface area (Å²) < 4.78 is 0. The Labute approximate surface area is 208 Å². The van der Waals surface area contributed by atoms with E-state index in [1.54, 1.807) is 0 Å². The Hall–Kier alpha value is -3.98. The first-order valence-electron chi connectivity index (χ1n) is 12.4. The maximum Gasteiger partial charge on any atom is 0.103 e. The topological polar surface area (TPSA) is 29.0 Å². The van der Waals surface area contributed by atoms with E-state index in [1.165, 1.54) is 44.3 Å². The third-order valence-electron chi connectivity index (χ3n) is 6.87. The van der Waals surface area contributed by atoms with Crippen molar-refractivity contribution < 1.29 is 0 Å². The van der Waals surface area contributed by atoms with Crippen LogP contribution >= 0.6 is 0 Å². The van der Waals surface area contributed by atoms with E-state index in [4.69, 9.17) is 10.2 Å². The van der Waals surface area contributed by atoms with Crippen molar-refractivity contribution in [3.05, 3.63) is 102 Å². The van der Waals surface area contributed by atoms with Gasteiger partial charge in [-0.15, -0.1) is 5.10 Å². The van der Waals surface area contributed by atoms with Gasteiger partial charge in [0.1, 0.15) is 5.69 Å². The van der Waals surface area contributed by atoms with Crippen molar-refractivity contribution in [3.8, 4) is 33.5 Å². The fraction of sp³-hybridized carbons (Fsp3) is 0.188. The molecule has 0 aliphatic heterocycles. The Balaban J connectivity index is 2.06. The number of fused-ring (bicyclic) bond motifs is 1. The van der Waals surface area contributed by atoms with Crippen LogP contribution < -0.4 is 4.90 Å². The average Bonchev–Trinajstić information content (AvgIpc) is 2.91. The van der Waals surface area contributed by atoms with Crippen LogP contribution in [0.25, 0.3) is 44.3 Å². The molecule has 0 radical (unpaired) electrons. The fourth-order valence-electron chi connectivity index (χ4n) is 5.27. The molecule has 3 heteroatoms. The largest absolute Gasteiger partial charge is 0.371 e. The zero-order valence-electron chi connectivity index (χ0n) is 20.9.